The number of hydrogen-bond donors (Lipinski definition) is 2. The lowest BCUT2D eigenvalue weighted by molar-refractivity contribution is -0.124. The third-order valence-electron chi connectivity index (χ3n) is 4.47. The lowest BCUT2D eigenvalue weighted by Gasteiger charge is -2.08. The fourth-order valence-corrected chi connectivity index (χ4v) is 3.09. The molecule has 2 heterocycles. The molecule has 30 heavy (non-hydrogen) atoms. The maximum Gasteiger partial charge on any atom is 0.258 e. The molecule has 2 aromatic heterocycles. The molecular formula is C21H24FN5O3. The van der Waals surface area contributed by atoms with Crippen molar-refractivity contribution in [2.45, 2.75) is 20.3 Å². The van der Waals surface area contributed by atoms with Gasteiger partial charge in [-0.2, -0.15) is 0 Å². The number of pyridine rings is 1. The van der Waals surface area contributed by atoms with Gasteiger partial charge in [-0.15, -0.1) is 5.10 Å². The van der Waals surface area contributed by atoms with Crippen LogP contribution in [0.2, 0.25) is 0 Å². The van der Waals surface area contributed by atoms with Crippen LogP contribution in [0.1, 0.15) is 16.8 Å². The van der Waals surface area contributed by atoms with Gasteiger partial charge < -0.3 is 15.4 Å². The standard InChI is InChI=1S/C21H24FN5O3/c1-13-10-14(2)25-20-19(13)21(26-27(20)3)30-12-18(29)24-9-8-23-17(28)11-15-4-6-16(22)7-5-15/h4-7,10H,8-9,11-12H2,1-3H3,(H,23,28)(H,24,29). The number of ether oxygens (including phenoxy) is 1. The molecule has 0 aliphatic rings. The first-order valence-corrected chi connectivity index (χ1v) is 9.55. The molecule has 0 fully saturated rings. The summed E-state index contributed by atoms with van der Waals surface area (Å²) in [6.45, 7) is 4.20. The number of aryl methyl sites for hydroxylation is 3. The van der Waals surface area contributed by atoms with Crippen LogP contribution in [0.25, 0.3) is 11.0 Å². The van der Waals surface area contributed by atoms with Crippen molar-refractivity contribution in [2.24, 2.45) is 7.05 Å². The number of nitrogens with zero attached hydrogens (tertiary/aromatic N) is 3. The fourth-order valence-electron chi connectivity index (χ4n) is 3.09. The molecule has 9 heteroatoms. The van der Waals surface area contributed by atoms with Gasteiger partial charge in [-0.05, 0) is 43.2 Å². The van der Waals surface area contributed by atoms with E-state index in [0.717, 1.165) is 16.6 Å². The number of aromatic nitrogens is 3. The van der Waals surface area contributed by atoms with E-state index < -0.39 is 0 Å². The molecule has 2 amide bonds. The van der Waals surface area contributed by atoms with Gasteiger partial charge in [0.05, 0.1) is 11.8 Å². The van der Waals surface area contributed by atoms with Crippen LogP contribution in [-0.2, 0) is 23.1 Å². The molecule has 0 aliphatic carbocycles. The van der Waals surface area contributed by atoms with Crippen LogP contribution in [0, 0.1) is 19.7 Å². The molecular weight excluding hydrogens is 389 g/mol. The molecule has 2 N–H and O–H groups in total. The van der Waals surface area contributed by atoms with Crippen LogP contribution >= 0.6 is 0 Å². The van der Waals surface area contributed by atoms with Crippen LogP contribution < -0.4 is 15.4 Å². The second-order valence-electron chi connectivity index (χ2n) is 7.00. The Morgan fingerprint density at radius 1 is 1.10 bits per heavy atom. The van der Waals surface area contributed by atoms with E-state index in [1.807, 2.05) is 19.9 Å². The average Bonchev–Trinajstić information content (AvgIpc) is 3.01. The second-order valence-corrected chi connectivity index (χ2v) is 7.00. The monoisotopic (exact) mass is 413 g/mol. The molecule has 0 unspecified atom stereocenters. The van der Waals surface area contributed by atoms with Gasteiger partial charge in [0.2, 0.25) is 11.8 Å². The molecule has 0 saturated carbocycles. The van der Waals surface area contributed by atoms with Crippen molar-refractivity contribution in [2.75, 3.05) is 19.7 Å². The van der Waals surface area contributed by atoms with E-state index in [-0.39, 0.29) is 43.7 Å². The minimum atomic E-state index is -0.343. The van der Waals surface area contributed by atoms with Crippen molar-refractivity contribution in [1.29, 1.82) is 0 Å². The van der Waals surface area contributed by atoms with Gasteiger partial charge in [-0.1, -0.05) is 12.1 Å². The highest BCUT2D eigenvalue weighted by molar-refractivity contribution is 5.85. The fraction of sp³-hybridized carbons (Fsp3) is 0.333. The molecule has 3 rings (SSSR count). The van der Waals surface area contributed by atoms with Crippen molar-refractivity contribution in [3.63, 3.8) is 0 Å². The average molecular weight is 413 g/mol. The Morgan fingerprint density at radius 3 is 2.47 bits per heavy atom. The summed E-state index contributed by atoms with van der Waals surface area (Å²) in [5, 5.41) is 10.5. The maximum absolute atomic E-state index is 12.9. The van der Waals surface area contributed by atoms with Crippen LogP contribution in [0.15, 0.2) is 30.3 Å². The van der Waals surface area contributed by atoms with E-state index in [0.29, 0.717) is 17.1 Å². The van der Waals surface area contributed by atoms with Crippen LogP contribution in [0.3, 0.4) is 0 Å². The Labute approximate surface area is 173 Å². The number of carbonyl (C=O) groups excluding carboxylic acids is 2. The number of nitrogens with one attached hydrogen (secondary N) is 2. The highest BCUT2D eigenvalue weighted by Crippen LogP contribution is 2.26. The van der Waals surface area contributed by atoms with Gasteiger partial charge in [0, 0.05) is 25.8 Å². The maximum atomic E-state index is 12.9. The van der Waals surface area contributed by atoms with Crippen molar-refractivity contribution >= 4 is 22.8 Å². The van der Waals surface area contributed by atoms with E-state index in [1.165, 1.54) is 12.1 Å². The predicted octanol–water partition coefficient (Wildman–Crippen LogP) is 1.58. The van der Waals surface area contributed by atoms with E-state index in [4.69, 9.17) is 4.74 Å². The lowest BCUT2D eigenvalue weighted by Crippen LogP contribution is -2.37. The number of carbonyl (C=O) groups is 2. The minimum absolute atomic E-state index is 0.150. The van der Waals surface area contributed by atoms with Crippen molar-refractivity contribution in [1.82, 2.24) is 25.4 Å². The first kappa shape index (κ1) is 21.2. The molecule has 1 aromatic carbocycles. The Hall–Kier alpha value is -3.49. The van der Waals surface area contributed by atoms with Gasteiger partial charge >= 0.3 is 0 Å². The highest BCUT2D eigenvalue weighted by Gasteiger charge is 2.15. The topological polar surface area (TPSA) is 98.1 Å². The number of hydrogen-bond acceptors (Lipinski definition) is 5. The summed E-state index contributed by atoms with van der Waals surface area (Å²) in [5.41, 5.74) is 3.28. The summed E-state index contributed by atoms with van der Waals surface area (Å²) in [4.78, 5) is 28.4. The van der Waals surface area contributed by atoms with Crippen molar-refractivity contribution in [3.05, 3.63) is 53.0 Å². The van der Waals surface area contributed by atoms with Crippen LogP contribution in [0.4, 0.5) is 4.39 Å². The molecule has 8 nitrogen and oxygen atoms in total. The first-order chi connectivity index (χ1) is 14.3. The third kappa shape index (κ3) is 5.31. The van der Waals surface area contributed by atoms with Gasteiger partial charge in [0.25, 0.3) is 5.91 Å². The number of halogens is 1. The molecule has 0 aliphatic heterocycles. The van der Waals surface area contributed by atoms with E-state index >= 15 is 0 Å². The summed E-state index contributed by atoms with van der Waals surface area (Å²) in [5.74, 6) is -0.505. The normalized spacial score (nSPS) is 10.8. The van der Waals surface area contributed by atoms with E-state index in [9.17, 15) is 14.0 Å². The Kier molecular flexibility index (Phi) is 6.61. The first-order valence-electron chi connectivity index (χ1n) is 9.55. The molecule has 0 atom stereocenters. The second kappa shape index (κ2) is 9.34. The largest absolute Gasteiger partial charge is 0.466 e. The number of rotatable bonds is 8. The smallest absolute Gasteiger partial charge is 0.258 e. The van der Waals surface area contributed by atoms with E-state index in [1.54, 1.807) is 23.9 Å². The Balaban J connectivity index is 1.42. The number of benzene rings is 1. The number of fused-ring (bicyclic) bond motifs is 1. The molecule has 0 spiro atoms. The molecule has 3 aromatic rings. The Bertz CT molecular complexity index is 1060. The summed E-state index contributed by atoms with van der Waals surface area (Å²) < 4.78 is 20.1. The third-order valence-corrected chi connectivity index (χ3v) is 4.47. The Morgan fingerprint density at radius 2 is 1.77 bits per heavy atom. The zero-order valence-electron chi connectivity index (χ0n) is 17.2. The molecule has 0 bridgehead atoms. The highest BCUT2D eigenvalue weighted by atomic mass is 19.1. The van der Waals surface area contributed by atoms with Crippen LogP contribution in [0.5, 0.6) is 5.88 Å². The van der Waals surface area contributed by atoms with E-state index in [2.05, 4.69) is 20.7 Å². The predicted molar refractivity (Wildman–Crippen MR) is 110 cm³/mol. The zero-order chi connectivity index (χ0) is 21.7. The van der Waals surface area contributed by atoms with Gasteiger partial charge in [-0.25, -0.2) is 14.1 Å². The summed E-state index contributed by atoms with van der Waals surface area (Å²) in [6.07, 6.45) is 0.150. The van der Waals surface area contributed by atoms with Crippen LogP contribution in [-0.4, -0.2) is 46.3 Å². The minimum Gasteiger partial charge on any atom is -0.466 e. The zero-order valence-corrected chi connectivity index (χ0v) is 17.2. The SMILES string of the molecule is Cc1cc(C)c2c(OCC(=O)NCCNC(=O)Cc3ccc(F)cc3)nn(C)c2n1. The quantitative estimate of drug-likeness (QED) is 0.547. The summed E-state index contributed by atoms with van der Waals surface area (Å²) in [7, 11) is 1.77. The molecule has 0 saturated heterocycles. The summed E-state index contributed by atoms with van der Waals surface area (Å²) in [6, 6.07) is 7.69. The van der Waals surface area contributed by atoms with Crippen molar-refractivity contribution < 1.29 is 18.7 Å². The molecule has 0 radical (unpaired) electrons. The molecule has 158 valence electrons. The summed E-state index contributed by atoms with van der Waals surface area (Å²) >= 11 is 0. The van der Waals surface area contributed by atoms with Crippen molar-refractivity contribution in [3.8, 4) is 5.88 Å². The van der Waals surface area contributed by atoms with Gasteiger partial charge in [-0.3, -0.25) is 9.59 Å². The number of amides is 2. The van der Waals surface area contributed by atoms with Gasteiger partial charge in [0.15, 0.2) is 12.3 Å². The lowest BCUT2D eigenvalue weighted by atomic mass is 10.1. The van der Waals surface area contributed by atoms with Gasteiger partial charge in [0.1, 0.15) is 5.82 Å².